The van der Waals surface area contributed by atoms with Crippen molar-refractivity contribution in [1.82, 2.24) is 25.0 Å². The lowest BCUT2D eigenvalue weighted by atomic mass is 10.2. The first-order valence-electron chi connectivity index (χ1n) is 8.47. The Morgan fingerprint density at radius 2 is 2.11 bits per heavy atom. The number of carbonyl (C=O) groups is 2. The van der Waals surface area contributed by atoms with E-state index in [1.54, 1.807) is 41.2 Å². The van der Waals surface area contributed by atoms with Crippen molar-refractivity contribution in [2.45, 2.75) is 6.54 Å². The van der Waals surface area contributed by atoms with Crippen LogP contribution in [0, 0.1) is 0 Å². The number of aromatic nitrogens is 3. The second-order valence-corrected chi connectivity index (χ2v) is 6.16. The SMILES string of the molecule is CN=C(NCc1ccc(C(N)=O)nc1)N1CCN(c2cnn(C)c2)C(=O)C1.I. The number of hydrogen-bond acceptors (Lipinski definition) is 5. The van der Waals surface area contributed by atoms with Crippen LogP contribution in [0.15, 0.2) is 35.7 Å². The molecule has 10 nitrogen and oxygen atoms in total. The molecule has 0 spiro atoms. The molecule has 0 aliphatic carbocycles. The molecule has 28 heavy (non-hydrogen) atoms. The minimum Gasteiger partial charge on any atom is -0.364 e. The molecule has 0 unspecified atom stereocenters. The fourth-order valence-electron chi connectivity index (χ4n) is 2.86. The van der Waals surface area contributed by atoms with E-state index >= 15 is 0 Å². The Kier molecular flexibility index (Phi) is 7.31. The van der Waals surface area contributed by atoms with Gasteiger partial charge in [0.1, 0.15) is 12.2 Å². The number of guanidine groups is 1. The van der Waals surface area contributed by atoms with Crippen LogP contribution in [0.4, 0.5) is 5.69 Å². The standard InChI is InChI=1S/C17H22N8O2.HI/c1-19-17(21-8-12-3-4-14(16(18)27)20-7-12)24-5-6-25(15(26)11-24)13-9-22-23(2)10-13;/h3-4,7,9-10H,5-6,8,11H2,1-2H3,(H2,18,27)(H,19,21);1H. The molecule has 1 saturated heterocycles. The lowest BCUT2D eigenvalue weighted by Gasteiger charge is -2.35. The van der Waals surface area contributed by atoms with E-state index in [4.69, 9.17) is 5.73 Å². The number of amides is 2. The van der Waals surface area contributed by atoms with Gasteiger partial charge in [-0.3, -0.25) is 24.2 Å². The molecule has 0 saturated carbocycles. The summed E-state index contributed by atoms with van der Waals surface area (Å²) in [5.74, 6) is 0.0631. The highest BCUT2D eigenvalue weighted by Crippen LogP contribution is 2.16. The maximum absolute atomic E-state index is 12.5. The zero-order valence-electron chi connectivity index (χ0n) is 15.7. The molecule has 3 heterocycles. The molecule has 1 aliphatic heterocycles. The smallest absolute Gasteiger partial charge is 0.267 e. The molecule has 1 fully saturated rings. The van der Waals surface area contributed by atoms with Crippen molar-refractivity contribution >= 4 is 47.4 Å². The van der Waals surface area contributed by atoms with Crippen LogP contribution >= 0.6 is 24.0 Å². The summed E-state index contributed by atoms with van der Waals surface area (Å²) in [6.45, 7) is 1.91. The summed E-state index contributed by atoms with van der Waals surface area (Å²) in [4.78, 5) is 35.5. The zero-order valence-corrected chi connectivity index (χ0v) is 18.0. The highest BCUT2D eigenvalue weighted by atomic mass is 127. The minimum absolute atomic E-state index is 0. The molecular weight excluding hydrogens is 475 g/mol. The quantitative estimate of drug-likeness (QED) is 0.347. The van der Waals surface area contributed by atoms with Crippen LogP contribution in [0.2, 0.25) is 0 Å². The van der Waals surface area contributed by atoms with Gasteiger partial charge in [0, 0.05) is 46.1 Å². The lowest BCUT2D eigenvalue weighted by Crippen LogP contribution is -2.55. The molecule has 2 aromatic rings. The Hall–Kier alpha value is -2.70. The molecule has 0 radical (unpaired) electrons. The highest BCUT2D eigenvalue weighted by molar-refractivity contribution is 14.0. The molecule has 11 heteroatoms. The van der Waals surface area contributed by atoms with Crippen LogP contribution in [-0.4, -0.2) is 64.1 Å². The first-order chi connectivity index (χ1) is 13.0. The number of rotatable bonds is 4. The monoisotopic (exact) mass is 498 g/mol. The summed E-state index contributed by atoms with van der Waals surface area (Å²) in [6, 6.07) is 3.36. The van der Waals surface area contributed by atoms with Crippen molar-refractivity contribution in [3.05, 3.63) is 42.0 Å². The molecule has 0 aromatic carbocycles. The number of nitrogens with one attached hydrogen (secondary N) is 1. The molecular formula is C17H23IN8O2. The highest BCUT2D eigenvalue weighted by Gasteiger charge is 2.27. The van der Waals surface area contributed by atoms with E-state index in [2.05, 4.69) is 20.4 Å². The number of halogens is 1. The fourth-order valence-corrected chi connectivity index (χ4v) is 2.86. The van der Waals surface area contributed by atoms with Gasteiger partial charge in [-0.2, -0.15) is 5.10 Å². The van der Waals surface area contributed by atoms with Gasteiger partial charge in [0.25, 0.3) is 5.91 Å². The Labute approximate surface area is 179 Å². The molecule has 3 rings (SSSR count). The first-order valence-corrected chi connectivity index (χ1v) is 8.47. The van der Waals surface area contributed by atoms with E-state index in [-0.39, 0.29) is 42.1 Å². The van der Waals surface area contributed by atoms with Gasteiger partial charge in [-0.05, 0) is 11.6 Å². The molecule has 150 valence electrons. The number of carbonyl (C=O) groups excluding carboxylic acids is 2. The number of nitrogens with two attached hydrogens (primary N) is 1. The number of piperazine rings is 1. The van der Waals surface area contributed by atoms with Gasteiger partial charge in [0.15, 0.2) is 5.96 Å². The Morgan fingerprint density at radius 1 is 1.32 bits per heavy atom. The maximum Gasteiger partial charge on any atom is 0.267 e. The van der Waals surface area contributed by atoms with Gasteiger partial charge >= 0.3 is 0 Å². The average molecular weight is 498 g/mol. The topological polar surface area (TPSA) is 122 Å². The van der Waals surface area contributed by atoms with Crippen LogP contribution in [-0.2, 0) is 18.4 Å². The van der Waals surface area contributed by atoms with Gasteiger partial charge in [-0.1, -0.05) is 6.07 Å². The largest absolute Gasteiger partial charge is 0.364 e. The Bertz CT molecular complexity index is 864. The van der Waals surface area contributed by atoms with Gasteiger partial charge in [0.05, 0.1) is 11.9 Å². The van der Waals surface area contributed by atoms with Gasteiger partial charge in [-0.15, -0.1) is 24.0 Å². The van der Waals surface area contributed by atoms with Crippen molar-refractivity contribution in [3.63, 3.8) is 0 Å². The summed E-state index contributed by atoms with van der Waals surface area (Å²) in [5, 5.41) is 7.33. The normalized spacial score (nSPS) is 14.6. The van der Waals surface area contributed by atoms with E-state index in [1.807, 2.05) is 18.1 Å². The van der Waals surface area contributed by atoms with Crippen LogP contribution in [0.5, 0.6) is 0 Å². The number of aryl methyl sites for hydroxylation is 1. The van der Waals surface area contributed by atoms with E-state index in [0.717, 1.165) is 11.3 Å². The lowest BCUT2D eigenvalue weighted by molar-refractivity contribution is -0.120. The number of anilines is 1. The van der Waals surface area contributed by atoms with Crippen LogP contribution in [0.25, 0.3) is 0 Å². The summed E-state index contributed by atoms with van der Waals surface area (Å²) < 4.78 is 1.67. The third kappa shape index (κ3) is 4.97. The summed E-state index contributed by atoms with van der Waals surface area (Å²) in [5.41, 5.74) is 7.08. The van der Waals surface area contributed by atoms with E-state index in [0.29, 0.717) is 25.6 Å². The van der Waals surface area contributed by atoms with Gasteiger partial charge < -0.3 is 20.9 Å². The van der Waals surface area contributed by atoms with E-state index in [1.165, 1.54) is 0 Å². The maximum atomic E-state index is 12.5. The average Bonchev–Trinajstić information content (AvgIpc) is 3.09. The number of hydrogen-bond donors (Lipinski definition) is 2. The summed E-state index contributed by atoms with van der Waals surface area (Å²) in [6.07, 6.45) is 5.10. The van der Waals surface area contributed by atoms with Crippen molar-refractivity contribution in [3.8, 4) is 0 Å². The van der Waals surface area contributed by atoms with Gasteiger partial charge in [-0.25, -0.2) is 0 Å². The van der Waals surface area contributed by atoms with Crippen molar-refractivity contribution in [2.75, 3.05) is 31.6 Å². The van der Waals surface area contributed by atoms with Crippen molar-refractivity contribution in [2.24, 2.45) is 17.8 Å². The molecule has 2 aromatic heterocycles. The number of nitrogens with zero attached hydrogens (tertiary/aromatic N) is 6. The van der Waals surface area contributed by atoms with Crippen molar-refractivity contribution in [1.29, 1.82) is 0 Å². The number of primary amides is 1. The molecule has 3 N–H and O–H groups in total. The molecule has 0 atom stereocenters. The minimum atomic E-state index is -0.560. The Morgan fingerprint density at radius 3 is 2.64 bits per heavy atom. The van der Waals surface area contributed by atoms with Gasteiger partial charge in [0.2, 0.25) is 5.91 Å². The molecule has 1 aliphatic rings. The van der Waals surface area contributed by atoms with E-state index < -0.39 is 5.91 Å². The third-order valence-corrected chi connectivity index (χ3v) is 4.26. The Balaban J connectivity index is 0.00000280. The number of aliphatic imine (C=N–C) groups is 1. The first kappa shape index (κ1) is 21.6. The number of pyridine rings is 1. The predicted molar refractivity (Wildman–Crippen MR) is 116 cm³/mol. The summed E-state index contributed by atoms with van der Waals surface area (Å²) in [7, 11) is 3.50. The summed E-state index contributed by atoms with van der Waals surface area (Å²) >= 11 is 0. The second kappa shape index (κ2) is 9.48. The van der Waals surface area contributed by atoms with Crippen molar-refractivity contribution < 1.29 is 9.59 Å². The third-order valence-electron chi connectivity index (χ3n) is 4.26. The predicted octanol–water partition coefficient (Wildman–Crippen LogP) is -0.0438. The molecule has 2 amide bonds. The van der Waals surface area contributed by atoms with Crippen LogP contribution in [0.1, 0.15) is 16.1 Å². The molecule has 0 bridgehead atoms. The second-order valence-electron chi connectivity index (χ2n) is 6.16. The zero-order chi connectivity index (χ0) is 19.4. The van der Waals surface area contributed by atoms with Crippen LogP contribution < -0.4 is 16.0 Å². The van der Waals surface area contributed by atoms with Crippen LogP contribution in [0.3, 0.4) is 0 Å². The fraction of sp³-hybridized carbons (Fsp3) is 0.353. The van der Waals surface area contributed by atoms with E-state index in [9.17, 15) is 9.59 Å².